The zero-order chi connectivity index (χ0) is 12.3. The van der Waals surface area contributed by atoms with E-state index in [1.54, 1.807) is 6.20 Å². The summed E-state index contributed by atoms with van der Waals surface area (Å²) in [5.41, 5.74) is 6.36. The first-order valence-corrected chi connectivity index (χ1v) is 6.26. The van der Waals surface area contributed by atoms with Gasteiger partial charge in [0.25, 0.3) is 0 Å². The Balaban J connectivity index is 2.23. The molecule has 1 aliphatic rings. The van der Waals surface area contributed by atoms with Crippen LogP contribution >= 0.6 is 0 Å². The van der Waals surface area contributed by atoms with E-state index in [1.807, 2.05) is 12.1 Å². The van der Waals surface area contributed by atoms with Crippen LogP contribution in [0.3, 0.4) is 0 Å². The standard InChI is InChI=1S/C13H20N4/c1-2-8-17(9-10-5-6-10)13-11(12(14)15)4-3-7-16-13/h3-4,7,10H,2,5-6,8-9H2,1H3,(H3,14,15). The molecular weight excluding hydrogens is 212 g/mol. The summed E-state index contributed by atoms with van der Waals surface area (Å²) >= 11 is 0. The van der Waals surface area contributed by atoms with E-state index in [-0.39, 0.29) is 5.84 Å². The third-order valence-corrected chi connectivity index (χ3v) is 3.05. The molecule has 0 atom stereocenters. The molecule has 1 aromatic heterocycles. The van der Waals surface area contributed by atoms with Crippen molar-refractivity contribution >= 4 is 11.7 Å². The van der Waals surface area contributed by atoms with Gasteiger partial charge in [0.2, 0.25) is 0 Å². The number of amidine groups is 1. The van der Waals surface area contributed by atoms with Crippen LogP contribution in [0.5, 0.6) is 0 Å². The lowest BCUT2D eigenvalue weighted by atomic mass is 10.2. The van der Waals surface area contributed by atoms with Crippen LogP contribution in [0.4, 0.5) is 5.82 Å². The monoisotopic (exact) mass is 232 g/mol. The van der Waals surface area contributed by atoms with E-state index in [0.717, 1.165) is 36.8 Å². The summed E-state index contributed by atoms with van der Waals surface area (Å²) in [7, 11) is 0. The van der Waals surface area contributed by atoms with Crippen LogP contribution in [0, 0.1) is 11.3 Å². The van der Waals surface area contributed by atoms with E-state index in [4.69, 9.17) is 11.1 Å². The Kier molecular flexibility index (Phi) is 3.61. The van der Waals surface area contributed by atoms with Crippen LogP contribution < -0.4 is 10.6 Å². The maximum absolute atomic E-state index is 7.61. The van der Waals surface area contributed by atoms with E-state index in [2.05, 4.69) is 16.8 Å². The minimum Gasteiger partial charge on any atom is -0.384 e. The molecule has 3 N–H and O–H groups in total. The zero-order valence-electron chi connectivity index (χ0n) is 10.3. The summed E-state index contributed by atoms with van der Waals surface area (Å²) in [5, 5.41) is 7.61. The number of hydrogen-bond acceptors (Lipinski definition) is 3. The van der Waals surface area contributed by atoms with Crippen molar-refractivity contribution in [2.75, 3.05) is 18.0 Å². The third kappa shape index (κ3) is 2.96. The van der Waals surface area contributed by atoms with Gasteiger partial charge >= 0.3 is 0 Å². The Morgan fingerprint density at radius 1 is 1.59 bits per heavy atom. The number of anilines is 1. The highest BCUT2D eigenvalue weighted by Crippen LogP contribution is 2.31. The van der Waals surface area contributed by atoms with Crippen LogP contribution in [0.1, 0.15) is 31.7 Å². The maximum atomic E-state index is 7.61. The molecule has 0 saturated heterocycles. The normalized spacial score (nSPS) is 14.6. The summed E-state index contributed by atoms with van der Waals surface area (Å²) in [4.78, 5) is 6.68. The second kappa shape index (κ2) is 5.17. The highest BCUT2D eigenvalue weighted by atomic mass is 15.2. The maximum Gasteiger partial charge on any atom is 0.139 e. The van der Waals surface area contributed by atoms with E-state index in [1.165, 1.54) is 12.8 Å². The predicted octanol–water partition coefficient (Wildman–Crippen LogP) is 1.99. The van der Waals surface area contributed by atoms with Crippen molar-refractivity contribution in [3.63, 3.8) is 0 Å². The van der Waals surface area contributed by atoms with Crippen LogP contribution in [0.25, 0.3) is 0 Å². The van der Waals surface area contributed by atoms with Crippen molar-refractivity contribution in [2.45, 2.75) is 26.2 Å². The lowest BCUT2D eigenvalue weighted by Crippen LogP contribution is -2.30. The topological polar surface area (TPSA) is 66.0 Å². The second-order valence-electron chi connectivity index (χ2n) is 4.68. The second-order valence-corrected chi connectivity index (χ2v) is 4.68. The van der Waals surface area contributed by atoms with Gasteiger partial charge in [-0.05, 0) is 37.3 Å². The average Bonchev–Trinajstić information content (AvgIpc) is 3.12. The molecule has 17 heavy (non-hydrogen) atoms. The Morgan fingerprint density at radius 2 is 2.35 bits per heavy atom. The van der Waals surface area contributed by atoms with Crippen molar-refractivity contribution in [1.82, 2.24) is 4.98 Å². The molecule has 0 spiro atoms. The SMILES string of the molecule is CCCN(CC1CC1)c1ncccc1C(=N)N. The molecule has 0 unspecified atom stereocenters. The van der Waals surface area contributed by atoms with Crippen LogP contribution in [-0.4, -0.2) is 23.9 Å². The summed E-state index contributed by atoms with van der Waals surface area (Å²) in [6.45, 7) is 4.19. The van der Waals surface area contributed by atoms with Gasteiger partial charge in [0.15, 0.2) is 0 Å². The van der Waals surface area contributed by atoms with Gasteiger partial charge in [0.05, 0.1) is 5.56 Å². The molecule has 92 valence electrons. The molecule has 0 aliphatic heterocycles. The predicted molar refractivity (Wildman–Crippen MR) is 70.5 cm³/mol. The zero-order valence-corrected chi connectivity index (χ0v) is 10.3. The highest BCUT2D eigenvalue weighted by molar-refractivity contribution is 5.99. The van der Waals surface area contributed by atoms with Crippen molar-refractivity contribution in [2.24, 2.45) is 11.7 Å². The van der Waals surface area contributed by atoms with Crippen molar-refractivity contribution in [3.05, 3.63) is 23.9 Å². The van der Waals surface area contributed by atoms with E-state index in [9.17, 15) is 0 Å². The molecule has 2 rings (SSSR count). The molecule has 1 heterocycles. The summed E-state index contributed by atoms with van der Waals surface area (Å²) < 4.78 is 0. The molecule has 4 heteroatoms. The largest absolute Gasteiger partial charge is 0.384 e. The number of rotatable bonds is 6. The first-order chi connectivity index (χ1) is 8.22. The lowest BCUT2D eigenvalue weighted by Gasteiger charge is -2.25. The van der Waals surface area contributed by atoms with Gasteiger partial charge in [0.1, 0.15) is 11.7 Å². The van der Waals surface area contributed by atoms with Gasteiger partial charge in [-0.15, -0.1) is 0 Å². The Hall–Kier alpha value is -1.58. The summed E-state index contributed by atoms with van der Waals surface area (Å²) in [6.07, 6.45) is 5.50. The van der Waals surface area contributed by atoms with Crippen LogP contribution in [-0.2, 0) is 0 Å². The fourth-order valence-corrected chi connectivity index (χ4v) is 2.02. The molecule has 0 aromatic carbocycles. The van der Waals surface area contributed by atoms with Gasteiger partial charge in [-0.1, -0.05) is 6.92 Å². The van der Waals surface area contributed by atoms with Gasteiger partial charge in [-0.25, -0.2) is 4.98 Å². The minimum atomic E-state index is 0.102. The highest BCUT2D eigenvalue weighted by Gasteiger charge is 2.25. The fourth-order valence-electron chi connectivity index (χ4n) is 2.02. The fraction of sp³-hybridized carbons (Fsp3) is 0.538. The number of nitrogens with two attached hydrogens (primary N) is 1. The van der Waals surface area contributed by atoms with Crippen molar-refractivity contribution < 1.29 is 0 Å². The first-order valence-electron chi connectivity index (χ1n) is 6.26. The number of pyridine rings is 1. The molecule has 0 radical (unpaired) electrons. The van der Waals surface area contributed by atoms with E-state index < -0.39 is 0 Å². The lowest BCUT2D eigenvalue weighted by molar-refractivity contribution is 0.698. The molecule has 4 nitrogen and oxygen atoms in total. The van der Waals surface area contributed by atoms with E-state index >= 15 is 0 Å². The van der Waals surface area contributed by atoms with Gasteiger partial charge in [-0.2, -0.15) is 0 Å². The summed E-state index contributed by atoms with van der Waals surface area (Å²) in [6, 6.07) is 3.71. The van der Waals surface area contributed by atoms with E-state index in [0.29, 0.717) is 0 Å². The number of aromatic nitrogens is 1. The summed E-state index contributed by atoms with van der Waals surface area (Å²) in [5.74, 6) is 1.78. The van der Waals surface area contributed by atoms with Gasteiger partial charge in [-0.3, -0.25) is 5.41 Å². The smallest absolute Gasteiger partial charge is 0.139 e. The molecule has 1 aliphatic carbocycles. The number of nitrogen functional groups attached to an aromatic ring is 1. The minimum absolute atomic E-state index is 0.102. The average molecular weight is 232 g/mol. The number of nitrogens with zero attached hydrogens (tertiary/aromatic N) is 2. The Bertz CT molecular complexity index is 398. The molecule has 1 fully saturated rings. The molecule has 0 amide bonds. The van der Waals surface area contributed by atoms with Crippen molar-refractivity contribution in [3.8, 4) is 0 Å². The van der Waals surface area contributed by atoms with Crippen LogP contribution in [0.2, 0.25) is 0 Å². The molecule has 1 saturated carbocycles. The third-order valence-electron chi connectivity index (χ3n) is 3.05. The van der Waals surface area contributed by atoms with Crippen molar-refractivity contribution in [1.29, 1.82) is 5.41 Å². The quantitative estimate of drug-likeness (QED) is 0.582. The molecular formula is C13H20N4. The number of hydrogen-bond donors (Lipinski definition) is 2. The van der Waals surface area contributed by atoms with Gasteiger partial charge < -0.3 is 10.6 Å². The first kappa shape index (κ1) is 11.9. The van der Waals surface area contributed by atoms with Crippen LogP contribution in [0.15, 0.2) is 18.3 Å². The molecule has 0 bridgehead atoms. The Labute approximate surface area is 102 Å². The molecule has 1 aromatic rings. The Morgan fingerprint density at radius 3 is 2.94 bits per heavy atom. The van der Waals surface area contributed by atoms with Gasteiger partial charge in [0, 0.05) is 19.3 Å². The number of nitrogens with one attached hydrogen (secondary N) is 1.